The number of hydrogen-bond donors (Lipinski definition) is 1. The summed E-state index contributed by atoms with van der Waals surface area (Å²) in [6.45, 7) is 12.2. The number of aryl methyl sites for hydroxylation is 3. The van der Waals surface area contributed by atoms with Gasteiger partial charge in [-0.3, -0.25) is 9.36 Å². The third-order valence-corrected chi connectivity index (χ3v) is 6.34. The normalized spacial score (nSPS) is 10.7. The van der Waals surface area contributed by atoms with E-state index in [0.29, 0.717) is 30.3 Å². The van der Waals surface area contributed by atoms with Gasteiger partial charge in [-0.25, -0.2) is 4.98 Å². The Hall–Kier alpha value is -2.69. The van der Waals surface area contributed by atoms with E-state index < -0.39 is 0 Å². The first-order valence-electron chi connectivity index (χ1n) is 8.49. The lowest BCUT2D eigenvalue weighted by atomic mass is 10.2. The van der Waals surface area contributed by atoms with Crippen LogP contribution in [0.15, 0.2) is 41.2 Å². The van der Waals surface area contributed by atoms with Crippen LogP contribution >= 0.6 is 22.7 Å². The molecule has 3 heterocycles. The number of nitrogens with zero attached hydrogens (tertiary/aromatic N) is 3. The standard InChI is InChI=1S/C20H20N4OS2/c1-5-9-24-16(23-19-17(20(24)25)13(3)14(4)27-19)7-6-12(2)22-18-15(11-21)8-10-26-18/h5,8,10,22H,1-2,6-7,9H2,3-4H3. The molecular weight excluding hydrogens is 376 g/mol. The first-order chi connectivity index (χ1) is 13.0. The Morgan fingerprint density at radius 2 is 2.26 bits per heavy atom. The van der Waals surface area contributed by atoms with Crippen LogP contribution in [0.4, 0.5) is 5.00 Å². The Labute approximate surface area is 165 Å². The highest BCUT2D eigenvalue weighted by Gasteiger charge is 2.16. The summed E-state index contributed by atoms with van der Waals surface area (Å²) in [6.07, 6.45) is 2.90. The monoisotopic (exact) mass is 396 g/mol. The number of anilines is 1. The largest absolute Gasteiger partial charge is 0.350 e. The summed E-state index contributed by atoms with van der Waals surface area (Å²) in [4.78, 5) is 19.6. The predicted molar refractivity (Wildman–Crippen MR) is 114 cm³/mol. The first-order valence-corrected chi connectivity index (χ1v) is 10.2. The lowest BCUT2D eigenvalue weighted by Gasteiger charge is -2.12. The number of nitriles is 1. The van der Waals surface area contributed by atoms with Gasteiger partial charge >= 0.3 is 0 Å². The van der Waals surface area contributed by atoms with E-state index >= 15 is 0 Å². The minimum atomic E-state index is -0.0136. The molecule has 0 aliphatic carbocycles. The van der Waals surface area contributed by atoms with Crippen LogP contribution in [0.5, 0.6) is 0 Å². The predicted octanol–water partition coefficient (Wildman–Crippen LogP) is 4.75. The first kappa shape index (κ1) is 19.1. The van der Waals surface area contributed by atoms with Crippen molar-refractivity contribution in [3.63, 3.8) is 0 Å². The van der Waals surface area contributed by atoms with Gasteiger partial charge in [0.15, 0.2) is 0 Å². The number of nitrogens with one attached hydrogen (secondary N) is 1. The molecule has 0 atom stereocenters. The molecule has 138 valence electrons. The van der Waals surface area contributed by atoms with Gasteiger partial charge in [0.25, 0.3) is 5.56 Å². The fraction of sp³-hybridized carbons (Fsp3) is 0.250. The van der Waals surface area contributed by atoms with Crippen molar-refractivity contribution in [2.24, 2.45) is 0 Å². The summed E-state index contributed by atoms with van der Waals surface area (Å²) in [6, 6.07) is 3.93. The van der Waals surface area contributed by atoms with E-state index in [2.05, 4.69) is 24.5 Å². The van der Waals surface area contributed by atoms with Gasteiger partial charge in [-0.1, -0.05) is 12.7 Å². The van der Waals surface area contributed by atoms with E-state index in [-0.39, 0.29) is 5.56 Å². The number of aromatic nitrogens is 2. The van der Waals surface area contributed by atoms with Gasteiger partial charge in [-0.05, 0) is 37.3 Å². The van der Waals surface area contributed by atoms with E-state index in [1.165, 1.54) is 11.3 Å². The molecule has 0 aliphatic heterocycles. The second-order valence-corrected chi connectivity index (χ2v) is 8.32. The SMILES string of the molecule is C=CCn1c(CCC(=C)Nc2sccc2C#N)nc2sc(C)c(C)c2c1=O. The van der Waals surface area contributed by atoms with E-state index in [9.17, 15) is 4.79 Å². The maximum atomic E-state index is 13.0. The van der Waals surface area contributed by atoms with Gasteiger partial charge in [0.1, 0.15) is 21.7 Å². The summed E-state index contributed by atoms with van der Waals surface area (Å²) in [5, 5.41) is 15.7. The van der Waals surface area contributed by atoms with Crippen LogP contribution in [-0.2, 0) is 13.0 Å². The van der Waals surface area contributed by atoms with Crippen LogP contribution in [-0.4, -0.2) is 9.55 Å². The molecule has 3 aromatic rings. The zero-order chi connectivity index (χ0) is 19.6. The molecule has 0 amide bonds. The van der Waals surface area contributed by atoms with Crippen molar-refractivity contribution in [1.29, 1.82) is 5.26 Å². The van der Waals surface area contributed by atoms with E-state index in [1.54, 1.807) is 28.0 Å². The molecule has 0 aliphatic rings. The molecule has 0 radical (unpaired) electrons. The summed E-state index contributed by atoms with van der Waals surface area (Å²) in [5.41, 5.74) is 2.38. The molecule has 1 N–H and O–H groups in total. The average Bonchev–Trinajstić information content (AvgIpc) is 3.20. The Balaban J connectivity index is 1.86. The number of allylic oxidation sites excluding steroid dienone is 2. The molecule has 0 bridgehead atoms. The molecule has 5 nitrogen and oxygen atoms in total. The van der Waals surface area contributed by atoms with Gasteiger partial charge in [-0.2, -0.15) is 5.26 Å². The smallest absolute Gasteiger partial charge is 0.262 e. The Kier molecular flexibility index (Phi) is 5.59. The van der Waals surface area contributed by atoms with Crippen LogP contribution in [0.25, 0.3) is 10.2 Å². The van der Waals surface area contributed by atoms with Crippen molar-refractivity contribution in [3.05, 3.63) is 68.6 Å². The molecular formula is C20H20N4OS2. The Morgan fingerprint density at radius 3 is 2.96 bits per heavy atom. The summed E-state index contributed by atoms with van der Waals surface area (Å²) in [5.74, 6) is 0.725. The van der Waals surface area contributed by atoms with Crippen molar-refractivity contribution >= 4 is 37.9 Å². The maximum Gasteiger partial charge on any atom is 0.262 e. The lowest BCUT2D eigenvalue weighted by Crippen LogP contribution is -2.25. The third kappa shape index (κ3) is 3.72. The molecule has 0 spiro atoms. The van der Waals surface area contributed by atoms with Gasteiger partial charge < -0.3 is 5.32 Å². The molecule has 0 unspecified atom stereocenters. The van der Waals surface area contributed by atoms with E-state index in [0.717, 1.165) is 31.8 Å². The van der Waals surface area contributed by atoms with Crippen LogP contribution < -0.4 is 10.9 Å². The molecule has 0 fully saturated rings. The van der Waals surface area contributed by atoms with Gasteiger partial charge in [0, 0.05) is 23.5 Å². The van der Waals surface area contributed by atoms with Crippen LogP contribution in [0.3, 0.4) is 0 Å². The zero-order valence-electron chi connectivity index (χ0n) is 15.3. The highest BCUT2D eigenvalue weighted by atomic mass is 32.1. The molecule has 0 saturated carbocycles. The Bertz CT molecular complexity index is 1130. The van der Waals surface area contributed by atoms with E-state index in [4.69, 9.17) is 10.2 Å². The molecule has 7 heteroatoms. The molecule has 0 aromatic carbocycles. The van der Waals surface area contributed by atoms with Crippen molar-refractivity contribution in [1.82, 2.24) is 9.55 Å². The second-order valence-electron chi connectivity index (χ2n) is 6.20. The van der Waals surface area contributed by atoms with Crippen LogP contribution in [0.2, 0.25) is 0 Å². The van der Waals surface area contributed by atoms with Crippen LogP contribution in [0, 0.1) is 25.2 Å². The molecule has 3 rings (SSSR count). The summed E-state index contributed by atoms with van der Waals surface area (Å²) < 4.78 is 1.69. The fourth-order valence-electron chi connectivity index (χ4n) is 2.86. The van der Waals surface area contributed by atoms with Crippen LogP contribution in [0.1, 0.15) is 28.2 Å². The summed E-state index contributed by atoms with van der Waals surface area (Å²) in [7, 11) is 0. The minimum absolute atomic E-state index is 0.0136. The minimum Gasteiger partial charge on any atom is -0.350 e. The lowest BCUT2D eigenvalue weighted by molar-refractivity contribution is 0.682. The zero-order valence-corrected chi connectivity index (χ0v) is 17.0. The molecule has 27 heavy (non-hydrogen) atoms. The maximum absolute atomic E-state index is 13.0. The number of fused-ring (bicyclic) bond motifs is 1. The number of rotatable bonds is 7. The van der Waals surface area contributed by atoms with Gasteiger partial charge in [0.2, 0.25) is 0 Å². The quantitative estimate of drug-likeness (QED) is 0.585. The van der Waals surface area contributed by atoms with Gasteiger partial charge in [0.05, 0.1) is 10.9 Å². The second kappa shape index (κ2) is 7.91. The summed E-state index contributed by atoms with van der Waals surface area (Å²) >= 11 is 3.02. The van der Waals surface area contributed by atoms with E-state index in [1.807, 2.05) is 19.2 Å². The third-order valence-electron chi connectivity index (χ3n) is 4.41. The van der Waals surface area contributed by atoms with Crippen molar-refractivity contribution in [3.8, 4) is 6.07 Å². The van der Waals surface area contributed by atoms with Crippen molar-refractivity contribution in [2.45, 2.75) is 33.2 Å². The van der Waals surface area contributed by atoms with Crippen molar-refractivity contribution < 1.29 is 0 Å². The highest BCUT2D eigenvalue weighted by Crippen LogP contribution is 2.27. The van der Waals surface area contributed by atoms with Gasteiger partial charge in [-0.15, -0.1) is 29.3 Å². The number of hydrogen-bond acceptors (Lipinski definition) is 6. The van der Waals surface area contributed by atoms with Crippen molar-refractivity contribution in [2.75, 3.05) is 5.32 Å². The fourth-order valence-corrected chi connectivity index (χ4v) is 4.68. The average molecular weight is 397 g/mol. The highest BCUT2D eigenvalue weighted by molar-refractivity contribution is 7.18. The topological polar surface area (TPSA) is 70.7 Å². The molecule has 3 aromatic heterocycles. The molecule has 0 saturated heterocycles. The Morgan fingerprint density at radius 1 is 1.48 bits per heavy atom. The number of thiophene rings is 2.